The lowest BCUT2D eigenvalue weighted by Crippen LogP contribution is -1.70. The van der Waals surface area contributed by atoms with E-state index in [4.69, 9.17) is 23.2 Å². The summed E-state index contributed by atoms with van der Waals surface area (Å²) < 4.78 is 0. The minimum atomic E-state index is 0. The first-order valence-corrected chi connectivity index (χ1v) is 6.16. The van der Waals surface area contributed by atoms with Crippen LogP contribution < -0.4 is 0 Å². The van der Waals surface area contributed by atoms with E-state index in [0.717, 1.165) is 11.1 Å². The lowest BCUT2D eigenvalue weighted by molar-refractivity contribution is 0.824. The van der Waals surface area contributed by atoms with Crippen molar-refractivity contribution < 1.29 is 5.48 Å². The van der Waals surface area contributed by atoms with E-state index in [0.29, 0.717) is 10.1 Å². The quantitative estimate of drug-likeness (QED) is 0.749. The van der Waals surface area contributed by atoms with Crippen molar-refractivity contribution >= 4 is 33.3 Å². The van der Waals surface area contributed by atoms with Gasteiger partial charge in [0.05, 0.1) is 0 Å². The van der Waals surface area contributed by atoms with Gasteiger partial charge in [0, 0.05) is 10.1 Å². The summed E-state index contributed by atoms with van der Waals surface area (Å²) in [6.45, 7) is 7.18. The highest BCUT2D eigenvalue weighted by molar-refractivity contribution is 6.48. The summed E-state index contributed by atoms with van der Waals surface area (Å²) in [6.07, 6.45) is 0. The molecule has 2 aromatic carbocycles. The molecule has 0 unspecified atom stereocenters. The molecule has 2 N–H and O–H groups in total. The summed E-state index contributed by atoms with van der Waals surface area (Å²) >= 11 is 11.2. The molecule has 2 rings (SSSR count). The molecule has 0 heterocycles. The van der Waals surface area contributed by atoms with E-state index >= 15 is 0 Å². The topological polar surface area (TPSA) is 31.5 Å². The molecule has 0 fully saturated rings. The maximum atomic E-state index is 5.61. The third-order valence-electron chi connectivity index (χ3n) is 2.17. The third-order valence-corrected chi connectivity index (χ3v) is 2.61. The zero-order valence-corrected chi connectivity index (χ0v) is 12.0. The Morgan fingerprint density at radius 1 is 0.632 bits per heavy atom. The Morgan fingerprint density at radius 2 is 0.895 bits per heavy atom. The van der Waals surface area contributed by atoms with Gasteiger partial charge in [-0.05, 0) is 11.1 Å². The van der Waals surface area contributed by atoms with Gasteiger partial charge in [-0.15, -0.1) is 0 Å². The molecule has 0 saturated heterocycles. The number of hydrogen-bond acceptors (Lipinski definition) is 0. The van der Waals surface area contributed by atoms with Crippen molar-refractivity contribution in [1.29, 1.82) is 0 Å². The van der Waals surface area contributed by atoms with Crippen molar-refractivity contribution in [3.63, 3.8) is 0 Å². The van der Waals surface area contributed by atoms with Crippen LogP contribution in [0.15, 0.2) is 73.8 Å². The van der Waals surface area contributed by atoms with Gasteiger partial charge in [-0.25, -0.2) is 0 Å². The Bertz CT molecular complexity index is 457. The second-order valence-electron chi connectivity index (χ2n) is 3.54. The fourth-order valence-corrected chi connectivity index (χ4v) is 1.49. The van der Waals surface area contributed by atoms with Gasteiger partial charge >= 0.3 is 0 Å². The predicted molar refractivity (Wildman–Crippen MR) is 86.3 cm³/mol. The lowest BCUT2D eigenvalue weighted by atomic mass is 10.2. The van der Waals surface area contributed by atoms with Crippen LogP contribution in [0.1, 0.15) is 11.1 Å². The molecule has 0 aromatic heterocycles. The molecule has 0 saturated carbocycles. The molecule has 0 atom stereocenters. The molecule has 0 spiro atoms. The largest absolute Gasteiger partial charge is 0.412 e. The van der Waals surface area contributed by atoms with Crippen LogP contribution in [-0.2, 0) is 0 Å². The molecule has 100 valence electrons. The summed E-state index contributed by atoms with van der Waals surface area (Å²) in [5.74, 6) is 0. The lowest BCUT2D eigenvalue weighted by Gasteiger charge is -1.92. The van der Waals surface area contributed by atoms with Crippen molar-refractivity contribution in [2.45, 2.75) is 0 Å². The summed E-state index contributed by atoms with van der Waals surface area (Å²) in [5, 5.41) is 1.19. The molecule has 2 aromatic rings. The Morgan fingerprint density at radius 3 is 1.05 bits per heavy atom. The highest BCUT2D eigenvalue weighted by atomic mass is 35.5. The van der Waals surface area contributed by atoms with E-state index in [9.17, 15) is 0 Å². The van der Waals surface area contributed by atoms with Gasteiger partial charge in [0.1, 0.15) is 0 Å². The second kappa shape index (κ2) is 9.40. The number of halogens is 2. The molecule has 0 bridgehead atoms. The molecule has 0 aliphatic rings. The van der Waals surface area contributed by atoms with E-state index in [1.54, 1.807) is 0 Å². The zero-order valence-electron chi connectivity index (χ0n) is 10.4. The van der Waals surface area contributed by atoms with Crippen LogP contribution in [0.5, 0.6) is 0 Å². The Kier molecular flexibility index (Phi) is 8.64. The second-order valence-corrected chi connectivity index (χ2v) is 4.45. The minimum Gasteiger partial charge on any atom is -0.412 e. The molecule has 0 aliphatic carbocycles. The first kappa shape index (κ1) is 17.5. The number of benzene rings is 2. The van der Waals surface area contributed by atoms with Gasteiger partial charge in [0.15, 0.2) is 0 Å². The first-order chi connectivity index (χ1) is 8.61. The Balaban J connectivity index is 0.000000324. The van der Waals surface area contributed by atoms with Crippen molar-refractivity contribution in [3.05, 3.63) is 84.9 Å². The van der Waals surface area contributed by atoms with Gasteiger partial charge in [-0.1, -0.05) is 97.0 Å². The Hall–Kier alpha value is -1.54. The van der Waals surface area contributed by atoms with Gasteiger partial charge in [-0.3, -0.25) is 0 Å². The van der Waals surface area contributed by atoms with E-state index < -0.39 is 0 Å². The molecule has 3 heteroatoms. The van der Waals surface area contributed by atoms with E-state index in [-0.39, 0.29) is 5.48 Å². The molecule has 0 aliphatic heterocycles. The molecular formula is C16H16Cl2O. The number of hydrogen-bond donors (Lipinski definition) is 0. The van der Waals surface area contributed by atoms with Crippen LogP contribution in [0, 0.1) is 0 Å². The predicted octanol–water partition coefficient (Wildman–Crippen LogP) is 4.97. The molecule has 0 radical (unpaired) electrons. The van der Waals surface area contributed by atoms with Crippen LogP contribution in [-0.4, -0.2) is 5.48 Å². The van der Waals surface area contributed by atoms with Crippen molar-refractivity contribution in [1.82, 2.24) is 0 Å². The molecule has 1 nitrogen and oxygen atoms in total. The van der Waals surface area contributed by atoms with Crippen LogP contribution in [0.25, 0.3) is 10.1 Å². The average molecular weight is 295 g/mol. The van der Waals surface area contributed by atoms with Crippen molar-refractivity contribution in [2.24, 2.45) is 0 Å². The monoisotopic (exact) mass is 294 g/mol. The standard InChI is InChI=1S/2C8H7Cl.H2O/c2*1-7(9)8-5-3-2-4-6-8;/h2*2-6H,1H2;1H2. The third kappa shape index (κ3) is 6.82. The van der Waals surface area contributed by atoms with Crippen LogP contribution in [0.4, 0.5) is 0 Å². The van der Waals surface area contributed by atoms with Crippen LogP contribution >= 0.6 is 23.2 Å². The van der Waals surface area contributed by atoms with E-state index in [2.05, 4.69) is 13.2 Å². The zero-order chi connectivity index (χ0) is 13.4. The van der Waals surface area contributed by atoms with Gasteiger partial charge < -0.3 is 5.48 Å². The summed E-state index contributed by atoms with van der Waals surface area (Å²) in [5.41, 5.74) is 1.97. The Labute approximate surface area is 124 Å². The molecule has 19 heavy (non-hydrogen) atoms. The van der Waals surface area contributed by atoms with Crippen LogP contribution in [0.3, 0.4) is 0 Å². The smallest absolute Gasteiger partial charge is 0.0406 e. The van der Waals surface area contributed by atoms with E-state index in [1.807, 2.05) is 60.7 Å². The maximum Gasteiger partial charge on any atom is 0.0406 e. The minimum absolute atomic E-state index is 0. The maximum absolute atomic E-state index is 5.61. The number of rotatable bonds is 2. The van der Waals surface area contributed by atoms with Gasteiger partial charge in [0.25, 0.3) is 0 Å². The summed E-state index contributed by atoms with van der Waals surface area (Å²) in [6, 6.07) is 19.3. The van der Waals surface area contributed by atoms with Gasteiger partial charge in [0.2, 0.25) is 0 Å². The summed E-state index contributed by atoms with van der Waals surface area (Å²) in [7, 11) is 0. The van der Waals surface area contributed by atoms with Crippen molar-refractivity contribution in [2.75, 3.05) is 0 Å². The van der Waals surface area contributed by atoms with Crippen molar-refractivity contribution in [3.8, 4) is 0 Å². The molecule has 0 amide bonds. The fraction of sp³-hybridized carbons (Fsp3) is 0. The van der Waals surface area contributed by atoms with E-state index in [1.165, 1.54) is 0 Å². The average Bonchev–Trinajstić information content (AvgIpc) is 2.41. The molecular weight excluding hydrogens is 279 g/mol. The first-order valence-electron chi connectivity index (χ1n) is 5.41. The highest BCUT2D eigenvalue weighted by Crippen LogP contribution is 2.14. The van der Waals surface area contributed by atoms with Gasteiger partial charge in [-0.2, -0.15) is 0 Å². The highest BCUT2D eigenvalue weighted by Gasteiger charge is 1.89. The normalized spacial score (nSPS) is 8.53. The van der Waals surface area contributed by atoms with Crippen LogP contribution in [0.2, 0.25) is 0 Å². The fourth-order valence-electron chi connectivity index (χ4n) is 1.24. The SMILES string of the molecule is C=C(Cl)c1ccccc1.C=C(Cl)c1ccccc1.O. The summed E-state index contributed by atoms with van der Waals surface area (Å²) in [4.78, 5) is 0.